The number of sulfone groups is 1. The molecule has 0 bridgehead atoms. The number of hydrogen-bond acceptors (Lipinski definition) is 5. The Balaban J connectivity index is 1.82. The molecule has 19 heavy (non-hydrogen) atoms. The number of nitrogens with one attached hydrogen (secondary N) is 1. The molecule has 2 saturated heterocycles. The molecule has 0 radical (unpaired) electrons. The van der Waals surface area contributed by atoms with Gasteiger partial charge in [0.05, 0.1) is 24.7 Å². The van der Waals surface area contributed by atoms with E-state index in [0.717, 1.165) is 0 Å². The van der Waals surface area contributed by atoms with E-state index in [-0.39, 0.29) is 42.5 Å². The van der Waals surface area contributed by atoms with E-state index in [9.17, 15) is 18.0 Å². The molecule has 8 heteroatoms. The molecule has 2 aliphatic heterocycles. The fourth-order valence-electron chi connectivity index (χ4n) is 2.30. The molecule has 0 saturated carbocycles. The molecule has 1 N–H and O–H groups in total. The summed E-state index contributed by atoms with van der Waals surface area (Å²) in [5.41, 5.74) is 0. The van der Waals surface area contributed by atoms with Gasteiger partial charge >= 0.3 is 0 Å². The molecule has 7 nitrogen and oxygen atoms in total. The highest BCUT2D eigenvalue weighted by molar-refractivity contribution is 7.91. The third kappa shape index (κ3) is 4.17. The van der Waals surface area contributed by atoms with Crippen LogP contribution in [0.25, 0.3) is 0 Å². The SMILES string of the molecule is O=C(CN1CCOCC1=O)NC1CCCS(=O)(=O)C1. The molecule has 2 heterocycles. The van der Waals surface area contributed by atoms with Crippen LogP contribution in [0.2, 0.25) is 0 Å². The molecular formula is C11H18N2O5S. The molecule has 1 atom stereocenters. The van der Waals surface area contributed by atoms with E-state index < -0.39 is 9.84 Å². The molecule has 0 aromatic heterocycles. The Labute approximate surface area is 112 Å². The zero-order valence-corrected chi connectivity index (χ0v) is 11.4. The topological polar surface area (TPSA) is 92.8 Å². The number of ether oxygens (including phenoxy) is 1. The second kappa shape index (κ2) is 5.87. The predicted octanol–water partition coefficient (Wildman–Crippen LogP) is -1.46. The van der Waals surface area contributed by atoms with Crippen molar-refractivity contribution in [2.75, 3.05) is 37.8 Å². The molecular weight excluding hydrogens is 272 g/mol. The van der Waals surface area contributed by atoms with Gasteiger partial charge in [0, 0.05) is 12.6 Å². The van der Waals surface area contributed by atoms with Gasteiger partial charge in [0.2, 0.25) is 11.8 Å². The van der Waals surface area contributed by atoms with E-state index in [4.69, 9.17) is 4.74 Å². The van der Waals surface area contributed by atoms with Crippen molar-refractivity contribution in [2.45, 2.75) is 18.9 Å². The molecule has 0 spiro atoms. The Kier molecular flexibility index (Phi) is 4.41. The van der Waals surface area contributed by atoms with Crippen LogP contribution in [-0.4, -0.2) is 69.0 Å². The molecule has 2 rings (SSSR count). The summed E-state index contributed by atoms with van der Waals surface area (Å²) in [5.74, 6) is -0.327. The van der Waals surface area contributed by atoms with Crippen molar-refractivity contribution < 1.29 is 22.7 Å². The Hall–Kier alpha value is -1.15. The number of rotatable bonds is 3. The van der Waals surface area contributed by atoms with Crippen LogP contribution in [0.15, 0.2) is 0 Å². The van der Waals surface area contributed by atoms with Crippen molar-refractivity contribution in [3.8, 4) is 0 Å². The van der Waals surface area contributed by atoms with Crippen LogP contribution < -0.4 is 5.32 Å². The predicted molar refractivity (Wildman–Crippen MR) is 67.2 cm³/mol. The van der Waals surface area contributed by atoms with Crippen LogP contribution >= 0.6 is 0 Å². The van der Waals surface area contributed by atoms with Gasteiger partial charge in [-0.2, -0.15) is 0 Å². The smallest absolute Gasteiger partial charge is 0.249 e. The average molecular weight is 290 g/mol. The summed E-state index contributed by atoms with van der Waals surface area (Å²) in [4.78, 5) is 24.7. The van der Waals surface area contributed by atoms with Gasteiger partial charge in [0.15, 0.2) is 9.84 Å². The third-order valence-electron chi connectivity index (χ3n) is 3.25. The number of morpholine rings is 1. The van der Waals surface area contributed by atoms with Crippen molar-refractivity contribution >= 4 is 21.7 Å². The maximum atomic E-state index is 11.8. The normalized spacial score (nSPS) is 27.1. The van der Waals surface area contributed by atoms with Crippen LogP contribution in [-0.2, 0) is 24.2 Å². The zero-order chi connectivity index (χ0) is 13.9. The van der Waals surface area contributed by atoms with Gasteiger partial charge in [0.1, 0.15) is 6.61 Å². The number of nitrogens with zero attached hydrogens (tertiary/aromatic N) is 1. The highest BCUT2D eigenvalue weighted by Crippen LogP contribution is 2.12. The van der Waals surface area contributed by atoms with Crippen molar-refractivity contribution in [2.24, 2.45) is 0 Å². The summed E-state index contributed by atoms with van der Waals surface area (Å²) in [6, 6.07) is -0.331. The summed E-state index contributed by atoms with van der Waals surface area (Å²) in [6.07, 6.45) is 1.24. The van der Waals surface area contributed by atoms with Gasteiger partial charge in [-0.15, -0.1) is 0 Å². The van der Waals surface area contributed by atoms with E-state index in [2.05, 4.69) is 5.32 Å². The first-order valence-corrected chi connectivity index (χ1v) is 8.14. The minimum Gasteiger partial charge on any atom is -0.370 e. The Morgan fingerprint density at radius 2 is 2.26 bits per heavy atom. The van der Waals surface area contributed by atoms with Gasteiger partial charge in [-0.25, -0.2) is 8.42 Å². The van der Waals surface area contributed by atoms with Gasteiger partial charge in [-0.05, 0) is 12.8 Å². The minimum atomic E-state index is -3.04. The quantitative estimate of drug-likeness (QED) is 0.685. The van der Waals surface area contributed by atoms with Crippen molar-refractivity contribution in [1.82, 2.24) is 10.2 Å². The average Bonchev–Trinajstić information content (AvgIpc) is 2.30. The van der Waals surface area contributed by atoms with Crippen molar-refractivity contribution in [3.05, 3.63) is 0 Å². The molecule has 2 fully saturated rings. The summed E-state index contributed by atoms with van der Waals surface area (Å²) in [5, 5.41) is 2.69. The lowest BCUT2D eigenvalue weighted by molar-refractivity contribution is -0.146. The number of hydrogen-bond donors (Lipinski definition) is 1. The van der Waals surface area contributed by atoms with E-state index in [1.165, 1.54) is 4.90 Å². The first kappa shape index (κ1) is 14.3. The van der Waals surface area contributed by atoms with E-state index >= 15 is 0 Å². The number of carbonyl (C=O) groups is 2. The maximum Gasteiger partial charge on any atom is 0.249 e. The lowest BCUT2D eigenvalue weighted by atomic mass is 10.2. The Bertz CT molecular complexity index is 462. The van der Waals surface area contributed by atoms with E-state index in [1.807, 2.05) is 0 Å². The first-order chi connectivity index (χ1) is 8.96. The zero-order valence-electron chi connectivity index (χ0n) is 10.6. The highest BCUT2D eigenvalue weighted by Gasteiger charge is 2.27. The van der Waals surface area contributed by atoms with Crippen LogP contribution in [0.1, 0.15) is 12.8 Å². The molecule has 0 aromatic rings. The van der Waals surface area contributed by atoms with E-state index in [0.29, 0.717) is 26.0 Å². The summed E-state index contributed by atoms with van der Waals surface area (Å²) in [6.45, 7) is 0.801. The summed E-state index contributed by atoms with van der Waals surface area (Å²) in [7, 11) is -3.04. The van der Waals surface area contributed by atoms with Gasteiger partial charge in [-0.1, -0.05) is 0 Å². The second-order valence-electron chi connectivity index (χ2n) is 4.89. The number of carbonyl (C=O) groups excluding carboxylic acids is 2. The maximum absolute atomic E-state index is 11.8. The van der Waals surface area contributed by atoms with Crippen molar-refractivity contribution in [3.63, 3.8) is 0 Å². The molecule has 108 valence electrons. The van der Waals surface area contributed by atoms with Crippen LogP contribution in [0.4, 0.5) is 0 Å². The fourth-order valence-corrected chi connectivity index (χ4v) is 3.94. The summed E-state index contributed by atoms with van der Waals surface area (Å²) >= 11 is 0. The third-order valence-corrected chi connectivity index (χ3v) is 5.07. The van der Waals surface area contributed by atoms with Gasteiger partial charge < -0.3 is 15.0 Å². The lowest BCUT2D eigenvalue weighted by Crippen LogP contribution is -2.50. The van der Waals surface area contributed by atoms with Crippen molar-refractivity contribution in [1.29, 1.82) is 0 Å². The van der Waals surface area contributed by atoms with Crippen LogP contribution in [0.5, 0.6) is 0 Å². The molecule has 1 unspecified atom stereocenters. The highest BCUT2D eigenvalue weighted by atomic mass is 32.2. The molecule has 0 aromatic carbocycles. The molecule has 2 aliphatic rings. The summed E-state index contributed by atoms with van der Waals surface area (Å²) < 4.78 is 27.9. The Morgan fingerprint density at radius 1 is 1.47 bits per heavy atom. The minimum absolute atomic E-state index is 0.00417. The largest absolute Gasteiger partial charge is 0.370 e. The fraction of sp³-hybridized carbons (Fsp3) is 0.818. The number of amides is 2. The monoisotopic (exact) mass is 290 g/mol. The van der Waals surface area contributed by atoms with Crippen LogP contribution in [0.3, 0.4) is 0 Å². The Morgan fingerprint density at radius 3 is 2.95 bits per heavy atom. The van der Waals surface area contributed by atoms with Gasteiger partial charge in [-0.3, -0.25) is 9.59 Å². The second-order valence-corrected chi connectivity index (χ2v) is 7.12. The lowest BCUT2D eigenvalue weighted by Gasteiger charge is -2.28. The van der Waals surface area contributed by atoms with Gasteiger partial charge in [0.25, 0.3) is 0 Å². The molecule has 2 amide bonds. The standard InChI is InChI=1S/C11H18N2O5S/c14-10(6-13-3-4-18-7-11(13)15)12-9-2-1-5-19(16,17)8-9/h9H,1-8H2,(H,12,14). The van der Waals surface area contributed by atoms with Crippen LogP contribution in [0, 0.1) is 0 Å². The van der Waals surface area contributed by atoms with E-state index in [1.54, 1.807) is 0 Å². The first-order valence-electron chi connectivity index (χ1n) is 6.31. The molecule has 0 aliphatic carbocycles.